The Morgan fingerprint density at radius 2 is 1.64 bits per heavy atom. The zero-order valence-electron chi connectivity index (χ0n) is 25.0. The minimum Gasteiger partial charge on any atom is -0.352 e. The number of benzene rings is 2. The molecule has 0 radical (unpaired) electrons. The number of likely N-dealkylation sites (tertiary alicyclic amines) is 1. The number of hydrogen-bond donors (Lipinski definition) is 2. The number of nitrogens with zero attached hydrogens (tertiary/aromatic N) is 3. The van der Waals surface area contributed by atoms with Gasteiger partial charge in [-0.15, -0.1) is 0 Å². The number of carbonyl (C=O) groups excluding carboxylic acids is 2. The molecule has 12 heteroatoms. The van der Waals surface area contributed by atoms with E-state index in [0.29, 0.717) is 19.5 Å². The van der Waals surface area contributed by atoms with Crippen LogP contribution in [0.4, 0.5) is 22.0 Å². The third-order valence-electron chi connectivity index (χ3n) is 8.63. The Hall–Kier alpha value is -3.80. The van der Waals surface area contributed by atoms with E-state index in [9.17, 15) is 31.5 Å². The summed E-state index contributed by atoms with van der Waals surface area (Å²) in [6, 6.07) is 15.2. The lowest BCUT2D eigenvalue weighted by Crippen LogP contribution is -2.44. The third kappa shape index (κ3) is 8.68. The monoisotopic (exact) mass is 631 g/mol. The van der Waals surface area contributed by atoms with Gasteiger partial charge >= 0.3 is 6.18 Å². The molecule has 2 heterocycles. The average Bonchev–Trinajstić information content (AvgIpc) is 3.70. The van der Waals surface area contributed by atoms with Crippen LogP contribution < -0.4 is 10.6 Å². The molecule has 7 nitrogen and oxygen atoms in total. The Balaban J connectivity index is 1.35. The van der Waals surface area contributed by atoms with Crippen LogP contribution >= 0.6 is 0 Å². The Labute approximate surface area is 259 Å². The maximum Gasteiger partial charge on any atom is 0.417 e. The van der Waals surface area contributed by atoms with E-state index < -0.39 is 29.6 Å². The van der Waals surface area contributed by atoms with Crippen LogP contribution in [-0.4, -0.2) is 58.1 Å². The molecule has 1 aliphatic carbocycles. The minimum atomic E-state index is -4.60. The SMILES string of the molecule is O=C(CC(CCN1CCC(F)(F)CC1)NC(=O)c1cc(-c2ccccc2C(F)(F)F)n(C2CCCC2)n1)NCc1ccccc1. The molecule has 1 unspecified atom stereocenters. The highest BCUT2D eigenvalue weighted by Crippen LogP contribution is 2.40. The van der Waals surface area contributed by atoms with Crippen LogP contribution in [0.1, 0.15) is 79.0 Å². The predicted octanol–water partition coefficient (Wildman–Crippen LogP) is 6.61. The summed E-state index contributed by atoms with van der Waals surface area (Å²) in [4.78, 5) is 28.4. The first-order valence-electron chi connectivity index (χ1n) is 15.5. The molecule has 2 aliphatic rings. The normalized spacial score (nSPS) is 18.1. The molecule has 5 rings (SSSR count). The van der Waals surface area contributed by atoms with Gasteiger partial charge in [-0.05, 0) is 37.0 Å². The van der Waals surface area contributed by atoms with Gasteiger partial charge in [-0.25, -0.2) is 8.78 Å². The van der Waals surface area contributed by atoms with Crippen molar-refractivity contribution in [3.05, 3.63) is 77.5 Å². The van der Waals surface area contributed by atoms with E-state index in [2.05, 4.69) is 15.7 Å². The van der Waals surface area contributed by atoms with Crippen LogP contribution in [0.2, 0.25) is 0 Å². The van der Waals surface area contributed by atoms with Crippen LogP contribution in [0, 0.1) is 0 Å². The molecule has 1 saturated carbocycles. The number of nitrogens with one attached hydrogen (secondary N) is 2. The molecule has 2 N–H and O–H groups in total. The molecule has 3 aromatic rings. The van der Waals surface area contributed by atoms with Gasteiger partial charge in [-0.2, -0.15) is 18.3 Å². The third-order valence-corrected chi connectivity index (χ3v) is 8.63. The van der Waals surface area contributed by atoms with E-state index >= 15 is 0 Å². The number of halogens is 5. The van der Waals surface area contributed by atoms with Crippen molar-refractivity contribution in [3.8, 4) is 11.3 Å². The zero-order valence-corrected chi connectivity index (χ0v) is 25.0. The molecule has 1 aromatic heterocycles. The fourth-order valence-electron chi connectivity index (χ4n) is 6.11. The second kappa shape index (κ2) is 14.1. The standard InChI is InChI=1S/C33H38F5N5O2/c34-32(35)15-18-42(19-16-32)17-14-24(20-30(44)39-22-23-8-2-1-3-9-23)40-31(45)28-21-29(43(41-28)25-10-4-5-11-25)26-12-6-7-13-27(26)33(36,37)38/h1-3,6-9,12-13,21,24-25H,4-5,10-11,14-20,22H2,(H,39,44)(H,40,45). The van der Waals surface area contributed by atoms with Crippen molar-refractivity contribution in [1.29, 1.82) is 0 Å². The van der Waals surface area contributed by atoms with Gasteiger partial charge in [0.25, 0.3) is 11.8 Å². The maximum absolute atomic E-state index is 14.0. The van der Waals surface area contributed by atoms with Gasteiger partial charge in [-0.1, -0.05) is 61.4 Å². The van der Waals surface area contributed by atoms with Crippen molar-refractivity contribution >= 4 is 11.8 Å². The summed E-state index contributed by atoms with van der Waals surface area (Å²) < 4.78 is 70.8. The molecular weight excluding hydrogens is 593 g/mol. The second-order valence-corrected chi connectivity index (χ2v) is 12.0. The van der Waals surface area contributed by atoms with E-state index in [1.165, 1.54) is 24.3 Å². The topological polar surface area (TPSA) is 79.3 Å². The zero-order chi connectivity index (χ0) is 32.0. The van der Waals surface area contributed by atoms with Gasteiger partial charge in [0, 0.05) is 57.0 Å². The summed E-state index contributed by atoms with van der Waals surface area (Å²) in [5.74, 6) is -3.60. The largest absolute Gasteiger partial charge is 0.417 e. The van der Waals surface area contributed by atoms with E-state index in [1.54, 1.807) is 4.68 Å². The first-order chi connectivity index (χ1) is 21.5. The molecule has 45 heavy (non-hydrogen) atoms. The molecule has 1 aliphatic heterocycles. The van der Waals surface area contributed by atoms with Crippen molar-refractivity contribution in [1.82, 2.24) is 25.3 Å². The van der Waals surface area contributed by atoms with Crippen molar-refractivity contribution in [2.45, 2.75) is 82.1 Å². The van der Waals surface area contributed by atoms with Gasteiger partial charge in [0.1, 0.15) is 0 Å². The quantitative estimate of drug-likeness (QED) is 0.234. The van der Waals surface area contributed by atoms with Gasteiger partial charge < -0.3 is 15.5 Å². The maximum atomic E-state index is 14.0. The first-order valence-corrected chi connectivity index (χ1v) is 15.5. The fourth-order valence-corrected chi connectivity index (χ4v) is 6.11. The molecule has 2 fully saturated rings. The van der Waals surface area contributed by atoms with Crippen LogP contribution in [0.5, 0.6) is 0 Å². The molecule has 242 valence electrons. The lowest BCUT2D eigenvalue weighted by atomic mass is 10.0. The lowest BCUT2D eigenvalue weighted by molar-refractivity contribution is -0.137. The summed E-state index contributed by atoms with van der Waals surface area (Å²) in [5, 5.41) is 10.2. The molecular formula is C33H38F5N5O2. The fraction of sp³-hybridized carbons (Fsp3) is 0.485. The van der Waals surface area contributed by atoms with E-state index in [0.717, 1.165) is 37.3 Å². The Morgan fingerprint density at radius 3 is 2.33 bits per heavy atom. The average molecular weight is 632 g/mol. The molecule has 2 aromatic carbocycles. The van der Waals surface area contributed by atoms with Gasteiger partial charge in [0.05, 0.1) is 17.3 Å². The highest BCUT2D eigenvalue weighted by Gasteiger charge is 2.36. The smallest absolute Gasteiger partial charge is 0.352 e. The number of amides is 2. The van der Waals surface area contributed by atoms with Crippen LogP contribution in [-0.2, 0) is 17.5 Å². The first kappa shape index (κ1) is 32.6. The van der Waals surface area contributed by atoms with Crippen LogP contribution in [0.15, 0.2) is 60.7 Å². The summed E-state index contributed by atoms with van der Waals surface area (Å²) >= 11 is 0. The van der Waals surface area contributed by atoms with Crippen molar-refractivity contribution < 1.29 is 31.5 Å². The summed E-state index contributed by atoms with van der Waals surface area (Å²) in [6.07, 6.45) is -1.53. The Morgan fingerprint density at radius 1 is 0.978 bits per heavy atom. The summed E-state index contributed by atoms with van der Waals surface area (Å²) in [6.45, 7) is 1.12. The molecule has 0 bridgehead atoms. The van der Waals surface area contributed by atoms with E-state index in [4.69, 9.17) is 0 Å². The lowest BCUT2D eigenvalue weighted by Gasteiger charge is -2.32. The number of alkyl halides is 5. The van der Waals surface area contributed by atoms with Gasteiger partial charge in [-0.3, -0.25) is 14.3 Å². The van der Waals surface area contributed by atoms with Gasteiger partial charge in [0.15, 0.2) is 5.69 Å². The minimum absolute atomic E-state index is 0.0406. The van der Waals surface area contributed by atoms with Crippen molar-refractivity contribution in [3.63, 3.8) is 0 Å². The number of rotatable bonds is 11. The van der Waals surface area contributed by atoms with E-state index in [1.807, 2.05) is 35.2 Å². The second-order valence-electron chi connectivity index (χ2n) is 12.0. The summed E-state index contributed by atoms with van der Waals surface area (Å²) in [5.41, 5.74) is 0.218. The number of aromatic nitrogens is 2. The van der Waals surface area contributed by atoms with Crippen molar-refractivity contribution in [2.24, 2.45) is 0 Å². The van der Waals surface area contributed by atoms with Gasteiger partial charge in [0.2, 0.25) is 5.91 Å². The predicted molar refractivity (Wildman–Crippen MR) is 160 cm³/mol. The molecule has 1 atom stereocenters. The summed E-state index contributed by atoms with van der Waals surface area (Å²) in [7, 11) is 0. The van der Waals surface area contributed by atoms with Crippen LogP contribution in [0.25, 0.3) is 11.3 Å². The molecule has 0 spiro atoms. The van der Waals surface area contributed by atoms with Crippen LogP contribution in [0.3, 0.4) is 0 Å². The number of hydrogen-bond acceptors (Lipinski definition) is 4. The van der Waals surface area contributed by atoms with E-state index in [-0.39, 0.29) is 61.3 Å². The Bertz CT molecular complexity index is 1440. The van der Waals surface area contributed by atoms with Crippen molar-refractivity contribution in [2.75, 3.05) is 19.6 Å². The highest BCUT2D eigenvalue weighted by atomic mass is 19.4. The molecule has 2 amide bonds. The molecule has 1 saturated heterocycles. The highest BCUT2D eigenvalue weighted by molar-refractivity contribution is 5.94. The Kier molecular flexibility index (Phi) is 10.2. The number of piperidine rings is 1. The number of carbonyl (C=O) groups is 2.